The van der Waals surface area contributed by atoms with Crippen molar-refractivity contribution in [3.8, 4) is 6.07 Å². The smallest absolute Gasteiger partial charge is 0.289 e. The largest absolute Gasteiger partial charge is 0.298 e. The number of hydrogen-bond acceptors (Lipinski definition) is 5. The highest BCUT2D eigenvalue weighted by molar-refractivity contribution is 7.86. The first-order chi connectivity index (χ1) is 13.4. The van der Waals surface area contributed by atoms with Crippen molar-refractivity contribution < 1.29 is 17.4 Å². The van der Waals surface area contributed by atoms with Crippen molar-refractivity contribution in [1.82, 2.24) is 0 Å². The Labute approximate surface area is 164 Å². The lowest BCUT2D eigenvalue weighted by Crippen LogP contribution is -2.12. The predicted octanol–water partition coefficient (Wildman–Crippen LogP) is 4.20. The van der Waals surface area contributed by atoms with Gasteiger partial charge >= 0.3 is 0 Å². The van der Waals surface area contributed by atoms with Gasteiger partial charge in [-0.2, -0.15) is 13.7 Å². The third-order valence-corrected chi connectivity index (χ3v) is 5.43. The van der Waals surface area contributed by atoms with E-state index in [0.717, 1.165) is 5.56 Å². The molecule has 0 bridgehead atoms. The molecule has 28 heavy (non-hydrogen) atoms. The lowest BCUT2D eigenvalue weighted by Gasteiger charge is -2.12. The van der Waals surface area contributed by atoms with E-state index in [2.05, 4.69) is 0 Å². The van der Waals surface area contributed by atoms with Crippen LogP contribution in [0.25, 0.3) is 0 Å². The second-order valence-corrected chi connectivity index (χ2v) is 7.77. The first-order valence-corrected chi connectivity index (χ1v) is 9.91. The van der Waals surface area contributed by atoms with E-state index in [1.165, 1.54) is 18.2 Å². The number of hydrogen-bond donors (Lipinski definition) is 0. The van der Waals surface area contributed by atoms with E-state index in [9.17, 15) is 18.5 Å². The molecule has 0 aliphatic carbocycles. The molecule has 1 atom stereocenters. The number of carbonyl (C=O) groups excluding carboxylic acids is 1. The fraction of sp³-hybridized carbons (Fsp3) is 0.0909. The van der Waals surface area contributed by atoms with E-state index in [1.807, 2.05) is 19.1 Å². The molecular formula is C22H17NO4S. The minimum atomic E-state index is -4.13. The van der Waals surface area contributed by atoms with Gasteiger partial charge in [0, 0.05) is 11.1 Å². The Morgan fingerprint density at radius 1 is 0.929 bits per heavy atom. The summed E-state index contributed by atoms with van der Waals surface area (Å²) in [5.74, 6) is -0.222. The van der Waals surface area contributed by atoms with Crippen LogP contribution in [0.4, 0.5) is 0 Å². The second kappa shape index (κ2) is 8.17. The zero-order valence-corrected chi connectivity index (χ0v) is 15.9. The lowest BCUT2D eigenvalue weighted by molar-refractivity contribution is 0.103. The average molecular weight is 391 g/mol. The molecule has 0 heterocycles. The van der Waals surface area contributed by atoms with Crippen LogP contribution in [-0.2, 0) is 14.3 Å². The van der Waals surface area contributed by atoms with Crippen LogP contribution in [0.2, 0.25) is 0 Å². The van der Waals surface area contributed by atoms with Gasteiger partial charge in [0.25, 0.3) is 10.1 Å². The fourth-order valence-electron chi connectivity index (χ4n) is 2.64. The summed E-state index contributed by atoms with van der Waals surface area (Å²) in [5.41, 5.74) is 2.05. The maximum Gasteiger partial charge on any atom is 0.298 e. The average Bonchev–Trinajstić information content (AvgIpc) is 2.72. The molecule has 0 amide bonds. The van der Waals surface area contributed by atoms with Crippen LogP contribution in [-0.4, -0.2) is 14.2 Å². The van der Waals surface area contributed by atoms with Crippen molar-refractivity contribution >= 4 is 15.9 Å². The summed E-state index contributed by atoms with van der Waals surface area (Å²) in [7, 11) is -4.13. The van der Waals surface area contributed by atoms with E-state index >= 15 is 0 Å². The van der Waals surface area contributed by atoms with Gasteiger partial charge in [0.15, 0.2) is 11.9 Å². The van der Waals surface area contributed by atoms with Crippen LogP contribution >= 0.6 is 0 Å². The highest BCUT2D eigenvalue weighted by atomic mass is 32.2. The molecule has 0 aliphatic heterocycles. The summed E-state index contributed by atoms with van der Waals surface area (Å²) in [4.78, 5) is 12.6. The van der Waals surface area contributed by atoms with Crippen LogP contribution in [0, 0.1) is 18.3 Å². The van der Waals surface area contributed by atoms with Crippen LogP contribution in [0.3, 0.4) is 0 Å². The molecule has 3 rings (SSSR count). The fourth-order valence-corrected chi connectivity index (χ4v) is 3.63. The van der Waals surface area contributed by atoms with E-state index in [0.29, 0.717) is 16.7 Å². The van der Waals surface area contributed by atoms with Crippen molar-refractivity contribution in [3.63, 3.8) is 0 Å². The number of carbonyl (C=O) groups is 1. The van der Waals surface area contributed by atoms with Gasteiger partial charge in [-0.25, -0.2) is 4.18 Å². The number of ketones is 1. The van der Waals surface area contributed by atoms with Gasteiger partial charge in [-0.3, -0.25) is 4.79 Å². The third-order valence-electron chi connectivity index (χ3n) is 4.14. The van der Waals surface area contributed by atoms with Crippen LogP contribution in [0.1, 0.15) is 33.2 Å². The van der Waals surface area contributed by atoms with Crippen molar-refractivity contribution in [1.29, 1.82) is 5.26 Å². The van der Waals surface area contributed by atoms with Crippen LogP contribution in [0.5, 0.6) is 0 Å². The number of nitrogens with zero attached hydrogens (tertiary/aromatic N) is 1. The summed E-state index contributed by atoms with van der Waals surface area (Å²) < 4.78 is 30.1. The standard InChI is InChI=1S/C22H17NO4S/c1-16-10-12-20(13-11-16)28(25,26)27-21(15-23)18-8-5-9-19(14-18)22(24)17-6-3-2-4-7-17/h2-14,21H,1H3. The van der Waals surface area contributed by atoms with Crippen molar-refractivity contribution in [2.24, 2.45) is 0 Å². The SMILES string of the molecule is Cc1ccc(S(=O)(=O)OC(C#N)c2cccc(C(=O)c3ccccc3)c2)cc1. The Bertz CT molecular complexity index is 1130. The zero-order chi connectivity index (χ0) is 20.1. The molecule has 1 unspecified atom stereocenters. The number of benzene rings is 3. The highest BCUT2D eigenvalue weighted by Crippen LogP contribution is 2.25. The van der Waals surface area contributed by atoms with Gasteiger partial charge in [-0.15, -0.1) is 0 Å². The first kappa shape index (κ1) is 19.5. The molecule has 0 aromatic heterocycles. The summed E-state index contributed by atoms with van der Waals surface area (Å²) in [5, 5.41) is 9.46. The first-order valence-electron chi connectivity index (χ1n) is 8.50. The number of nitriles is 1. The zero-order valence-electron chi connectivity index (χ0n) is 15.1. The molecule has 0 saturated heterocycles. The summed E-state index contributed by atoms with van der Waals surface area (Å²) in [6.07, 6.45) is -1.37. The van der Waals surface area contributed by atoms with E-state index in [1.54, 1.807) is 54.6 Å². The highest BCUT2D eigenvalue weighted by Gasteiger charge is 2.24. The molecule has 3 aromatic carbocycles. The van der Waals surface area contributed by atoms with Gasteiger partial charge in [0.05, 0.1) is 4.90 Å². The molecule has 0 fully saturated rings. The molecule has 3 aromatic rings. The number of rotatable bonds is 6. The minimum Gasteiger partial charge on any atom is -0.289 e. The summed E-state index contributed by atoms with van der Waals surface area (Å²) in [6, 6.07) is 22.9. The molecule has 0 N–H and O–H groups in total. The molecular weight excluding hydrogens is 374 g/mol. The topological polar surface area (TPSA) is 84.2 Å². The minimum absolute atomic E-state index is 0.0325. The second-order valence-electron chi connectivity index (χ2n) is 6.19. The normalized spacial score (nSPS) is 12.1. The summed E-state index contributed by atoms with van der Waals surface area (Å²) >= 11 is 0. The Balaban J connectivity index is 1.88. The van der Waals surface area contributed by atoms with Crippen molar-refractivity contribution in [2.45, 2.75) is 17.9 Å². The van der Waals surface area contributed by atoms with Crippen LogP contribution in [0.15, 0.2) is 83.8 Å². The molecule has 6 heteroatoms. The van der Waals surface area contributed by atoms with Crippen molar-refractivity contribution in [3.05, 3.63) is 101 Å². The maximum atomic E-state index is 12.6. The van der Waals surface area contributed by atoms with Gasteiger partial charge in [0.1, 0.15) is 6.07 Å². The molecule has 140 valence electrons. The van der Waals surface area contributed by atoms with Gasteiger partial charge in [-0.05, 0) is 30.7 Å². The quantitative estimate of drug-likeness (QED) is 0.464. The third kappa shape index (κ3) is 4.34. The predicted molar refractivity (Wildman–Crippen MR) is 104 cm³/mol. The van der Waals surface area contributed by atoms with E-state index in [-0.39, 0.29) is 10.7 Å². The Hall–Kier alpha value is -3.27. The van der Waals surface area contributed by atoms with Crippen LogP contribution < -0.4 is 0 Å². The van der Waals surface area contributed by atoms with Crippen molar-refractivity contribution in [2.75, 3.05) is 0 Å². The monoisotopic (exact) mass is 391 g/mol. The molecule has 0 saturated carbocycles. The van der Waals surface area contributed by atoms with E-state index in [4.69, 9.17) is 4.18 Å². The maximum absolute atomic E-state index is 12.6. The summed E-state index contributed by atoms with van der Waals surface area (Å²) in [6.45, 7) is 1.84. The number of aryl methyl sites for hydroxylation is 1. The van der Waals surface area contributed by atoms with Gasteiger partial charge in [0.2, 0.25) is 0 Å². The van der Waals surface area contributed by atoms with E-state index < -0.39 is 16.2 Å². The molecule has 0 spiro atoms. The molecule has 0 radical (unpaired) electrons. The lowest BCUT2D eigenvalue weighted by atomic mass is 10.00. The van der Waals surface area contributed by atoms with Gasteiger partial charge in [-0.1, -0.05) is 66.2 Å². The molecule has 5 nitrogen and oxygen atoms in total. The Morgan fingerprint density at radius 3 is 2.21 bits per heavy atom. The molecule has 0 aliphatic rings. The Kier molecular flexibility index (Phi) is 5.69. The van der Waals surface area contributed by atoms with Gasteiger partial charge < -0.3 is 0 Å². The Morgan fingerprint density at radius 2 is 1.57 bits per heavy atom.